The molecule has 2 aromatic carbocycles. The number of carbonyl (C=O) groups is 3. The minimum absolute atomic E-state index is 0.0241. The molecule has 9 heteroatoms. The van der Waals surface area contributed by atoms with Crippen LogP contribution in [0, 0.1) is 11.8 Å². The van der Waals surface area contributed by atoms with Crippen molar-refractivity contribution in [2.75, 3.05) is 39.3 Å². The number of amides is 2. The molecular weight excluding hydrogens is 510 g/mol. The lowest BCUT2D eigenvalue weighted by Crippen LogP contribution is -2.47. The van der Waals surface area contributed by atoms with Crippen LogP contribution < -0.4 is 5.32 Å². The molecule has 0 unspecified atom stereocenters. The number of benzene rings is 2. The number of carboxylic acid groups (broad SMARTS) is 1. The third kappa shape index (κ3) is 6.25. The molecule has 9 nitrogen and oxygen atoms in total. The van der Waals surface area contributed by atoms with E-state index in [1.165, 1.54) is 11.1 Å². The molecule has 2 N–H and O–H groups in total. The fraction of sp³-hybridized carbons (Fsp3) is 0.516. The summed E-state index contributed by atoms with van der Waals surface area (Å²) in [4.78, 5) is 40.8. The molecule has 0 saturated carbocycles. The van der Waals surface area contributed by atoms with Crippen LogP contribution in [-0.4, -0.2) is 84.0 Å². The van der Waals surface area contributed by atoms with Crippen LogP contribution in [0.25, 0.3) is 11.1 Å². The number of ether oxygens (including phenoxy) is 2. The van der Waals surface area contributed by atoms with Gasteiger partial charge >= 0.3 is 18.2 Å². The summed E-state index contributed by atoms with van der Waals surface area (Å²) in [5.74, 6) is -0.578. The van der Waals surface area contributed by atoms with Gasteiger partial charge in [-0.3, -0.25) is 9.69 Å². The van der Waals surface area contributed by atoms with Gasteiger partial charge in [0, 0.05) is 24.9 Å². The fourth-order valence-corrected chi connectivity index (χ4v) is 6.48. The van der Waals surface area contributed by atoms with Crippen molar-refractivity contribution >= 4 is 18.2 Å². The van der Waals surface area contributed by atoms with Gasteiger partial charge < -0.3 is 24.8 Å². The summed E-state index contributed by atoms with van der Waals surface area (Å²) in [6.07, 6.45) is 0.732. The van der Waals surface area contributed by atoms with Gasteiger partial charge in [-0.05, 0) is 74.9 Å². The van der Waals surface area contributed by atoms with Crippen LogP contribution in [0.15, 0.2) is 48.5 Å². The Bertz CT molecular complexity index is 1200. The summed E-state index contributed by atoms with van der Waals surface area (Å²) in [6, 6.07) is 16.2. The van der Waals surface area contributed by atoms with Crippen molar-refractivity contribution in [3.05, 3.63) is 59.7 Å². The molecular formula is C31H39N3O6. The lowest BCUT2D eigenvalue weighted by Gasteiger charge is -2.36. The number of nitrogens with one attached hydrogen (secondary N) is 1. The minimum Gasteiger partial charge on any atom is -0.480 e. The predicted molar refractivity (Wildman–Crippen MR) is 150 cm³/mol. The van der Waals surface area contributed by atoms with Crippen LogP contribution in [0.5, 0.6) is 0 Å². The number of carbonyl (C=O) groups excluding carboxylic acids is 2. The van der Waals surface area contributed by atoms with Crippen LogP contribution in [0.2, 0.25) is 0 Å². The molecule has 0 radical (unpaired) electrons. The van der Waals surface area contributed by atoms with Crippen molar-refractivity contribution < 1.29 is 29.0 Å². The number of alkyl carbamates (subject to hydrolysis) is 1. The molecule has 3 aliphatic rings. The molecule has 2 fully saturated rings. The van der Waals surface area contributed by atoms with Gasteiger partial charge in [0.2, 0.25) is 0 Å². The Morgan fingerprint density at radius 1 is 0.950 bits per heavy atom. The fourth-order valence-electron chi connectivity index (χ4n) is 6.48. The number of likely N-dealkylation sites (tertiary alicyclic amines) is 2. The molecule has 2 saturated heterocycles. The summed E-state index contributed by atoms with van der Waals surface area (Å²) in [5.41, 5.74) is 4.04. The third-order valence-corrected chi connectivity index (χ3v) is 8.26. The normalized spacial score (nSPS) is 21.5. The van der Waals surface area contributed by atoms with E-state index in [4.69, 9.17) is 14.6 Å². The SMILES string of the molecule is CC(C)(C)OC(=O)N[C@H]1CN(C(=O)OCC2c3ccccc3-c3ccccc32)C[C@@H]1C1CCN(CC(=O)O)CC1. The Morgan fingerprint density at radius 2 is 1.55 bits per heavy atom. The number of aliphatic carboxylic acids is 1. The molecule has 0 spiro atoms. The van der Waals surface area contributed by atoms with E-state index in [9.17, 15) is 14.4 Å². The number of hydrogen-bond acceptors (Lipinski definition) is 6. The number of nitrogens with zero attached hydrogens (tertiary/aromatic N) is 2. The van der Waals surface area contributed by atoms with Crippen molar-refractivity contribution in [3.8, 4) is 11.1 Å². The van der Waals surface area contributed by atoms with Gasteiger partial charge in [-0.15, -0.1) is 0 Å². The molecule has 2 amide bonds. The van der Waals surface area contributed by atoms with Gasteiger partial charge in [-0.1, -0.05) is 48.5 Å². The molecule has 214 valence electrons. The molecule has 40 heavy (non-hydrogen) atoms. The van der Waals surface area contributed by atoms with Crippen LogP contribution in [0.3, 0.4) is 0 Å². The Hall–Kier alpha value is -3.59. The van der Waals surface area contributed by atoms with Crippen molar-refractivity contribution in [1.29, 1.82) is 0 Å². The highest BCUT2D eigenvalue weighted by molar-refractivity contribution is 5.79. The first-order valence-electron chi connectivity index (χ1n) is 14.1. The zero-order valence-corrected chi connectivity index (χ0v) is 23.5. The highest BCUT2D eigenvalue weighted by atomic mass is 16.6. The maximum atomic E-state index is 13.4. The Labute approximate surface area is 235 Å². The van der Waals surface area contributed by atoms with E-state index in [2.05, 4.69) is 29.6 Å². The predicted octanol–water partition coefficient (Wildman–Crippen LogP) is 4.56. The summed E-state index contributed by atoms with van der Waals surface area (Å²) in [5, 5.41) is 12.2. The van der Waals surface area contributed by atoms with Gasteiger partial charge in [-0.2, -0.15) is 0 Å². The number of carboxylic acids is 1. The van der Waals surface area contributed by atoms with E-state index in [1.807, 2.05) is 49.9 Å². The quantitative estimate of drug-likeness (QED) is 0.544. The maximum Gasteiger partial charge on any atom is 0.409 e. The zero-order valence-electron chi connectivity index (χ0n) is 23.5. The van der Waals surface area contributed by atoms with Crippen molar-refractivity contribution in [1.82, 2.24) is 15.1 Å². The summed E-state index contributed by atoms with van der Waals surface area (Å²) in [7, 11) is 0. The maximum absolute atomic E-state index is 13.4. The van der Waals surface area contributed by atoms with Crippen LogP contribution >= 0.6 is 0 Å². The third-order valence-electron chi connectivity index (χ3n) is 8.26. The van der Waals surface area contributed by atoms with Gasteiger partial charge in [0.1, 0.15) is 12.2 Å². The second kappa shape index (κ2) is 11.5. The smallest absolute Gasteiger partial charge is 0.409 e. The second-order valence-electron chi connectivity index (χ2n) is 12.1. The van der Waals surface area contributed by atoms with Gasteiger partial charge in [0.15, 0.2) is 0 Å². The molecule has 2 aromatic rings. The monoisotopic (exact) mass is 549 g/mol. The highest BCUT2D eigenvalue weighted by Crippen LogP contribution is 2.44. The van der Waals surface area contributed by atoms with E-state index in [0.717, 1.165) is 24.0 Å². The molecule has 2 aliphatic heterocycles. The zero-order chi connectivity index (χ0) is 28.4. The minimum atomic E-state index is -0.829. The number of rotatable bonds is 6. The Morgan fingerprint density at radius 3 is 2.12 bits per heavy atom. The van der Waals surface area contributed by atoms with Crippen molar-refractivity contribution in [3.63, 3.8) is 0 Å². The van der Waals surface area contributed by atoms with Gasteiger partial charge in [-0.25, -0.2) is 9.59 Å². The van der Waals surface area contributed by atoms with Crippen LogP contribution in [-0.2, 0) is 14.3 Å². The lowest BCUT2D eigenvalue weighted by atomic mass is 9.81. The first-order valence-corrected chi connectivity index (χ1v) is 14.1. The van der Waals surface area contributed by atoms with E-state index in [1.54, 1.807) is 4.90 Å². The van der Waals surface area contributed by atoms with Crippen LogP contribution in [0.1, 0.15) is 50.7 Å². The molecule has 0 aromatic heterocycles. The summed E-state index contributed by atoms with van der Waals surface area (Å²) in [6.45, 7) is 7.90. The Kier molecular flexibility index (Phi) is 8.03. The molecule has 0 bridgehead atoms. The number of piperidine rings is 1. The number of hydrogen-bond donors (Lipinski definition) is 2. The molecule has 1 aliphatic carbocycles. The Balaban J connectivity index is 1.25. The van der Waals surface area contributed by atoms with E-state index < -0.39 is 17.7 Å². The van der Waals surface area contributed by atoms with E-state index >= 15 is 0 Å². The first-order chi connectivity index (χ1) is 19.1. The average Bonchev–Trinajstić information content (AvgIpc) is 3.46. The second-order valence-corrected chi connectivity index (χ2v) is 12.1. The standard InChI is InChI=1S/C31H39N3O6/c1-31(2,3)40-29(37)32-27-17-34(16-25(27)20-12-14-33(15-13-20)18-28(35)36)30(38)39-19-26-23-10-6-4-8-21(23)22-9-5-7-11-24(22)26/h4-11,20,25-27H,12-19H2,1-3H3,(H,32,37)(H,35,36)/t25-,27+/m1/s1. The average molecular weight is 550 g/mol. The van der Waals surface area contributed by atoms with Crippen molar-refractivity contribution in [2.45, 2.75) is 51.2 Å². The lowest BCUT2D eigenvalue weighted by molar-refractivity contribution is -0.138. The van der Waals surface area contributed by atoms with Gasteiger partial charge in [0.05, 0.1) is 12.6 Å². The highest BCUT2D eigenvalue weighted by Gasteiger charge is 2.43. The molecule has 5 rings (SSSR count). The first kappa shape index (κ1) is 28.0. The summed E-state index contributed by atoms with van der Waals surface area (Å²) < 4.78 is 11.4. The summed E-state index contributed by atoms with van der Waals surface area (Å²) >= 11 is 0. The van der Waals surface area contributed by atoms with Crippen LogP contribution in [0.4, 0.5) is 9.59 Å². The van der Waals surface area contributed by atoms with E-state index in [-0.39, 0.29) is 43.0 Å². The largest absolute Gasteiger partial charge is 0.480 e. The number of fused-ring (bicyclic) bond motifs is 3. The molecule has 2 atom stereocenters. The van der Waals surface area contributed by atoms with E-state index in [0.29, 0.717) is 26.2 Å². The van der Waals surface area contributed by atoms with Crippen molar-refractivity contribution in [2.24, 2.45) is 11.8 Å². The van der Waals surface area contributed by atoms with Gasteiger partial charge in [0.25, 0.3) is 0 Å². The molecule has 2 heterocycles. The topological polar surface area (TPSA) is 108 Å².